The van der Waals surface area contributed by atoms with Gasteiger partial charge in [0.1, 0.15) is 0 Å². The van der Waals surface area contributed by atoms with Gasteiger partial charge in [0, 0.05) is 12.8 Å². The summed E-state index contributed by atoms with van der Waals surface area (Å²) in [4.78, 5) is 0. The molecule has 0 spiro atoms. The molecule has 216 valence electrons. The topological polar surface area (TPSA) is 24.4 Å². The van der Waals surface area contributed by atoms with Crippen LogP contribution in [0.25, 0.3) is 0 Å². The van der Waals surface area contributed by atoms with Crippen LogP contribution in [0.4, 0.5) is 0 Å². The number of dihydropyridines is 1. The van der Waals surface area contributed by atoms with Gasteiger partial charge in [0.2, 0.25) is 0 Å². The van der Waals surface area contributed by atoms with Crippen molar-refractivity contribution in [2.24, 2.45) is 34.3 Å². The summed E-state index contributed by atoms with van der Waals surface area (Å²) in [6, 6.07) is 0.583. The minimum atomic E-state index is -1.65. The molecule has 0 bridgehead atoms. The SMILES string of the molecule is CC(C)C1CCCC(C(C)C)C1N=P(C1CCCCC1)(C1CCCCC1)C1C=CC=C(C2CCCCC2)N1. The van der Waals surface area contributed by atoms with Crippen molar-refractivity contribution >= 4 is 7.05 Å². The van der Waals surface area contributed by atoms with Crippen LogP contribution in [0.5, 0.6) is 0 Å². The number of hydrogen-bond donors (Lipinski definition) is 1. The lowest BCUT2D eigenvalue weighted by molar-refractivity contribution is 0.143. The third-order valence-corrected chi connectivity index (χ3v) is 16.9. The molecule has 3 unspecified atom stereocenters. The average Bonchev–Trinajstić information content (AvgIpc) is 2.97. The summed E-state index contributed by atoms with van der Waals surface area (Å²) in [7, 11) is -1.65. The second-order valence-electron chi connectivity index (χ2n) is 14.7. The van der Waals surface area contributed by atoms with E-state index in [1.165, 1.54) is 116 Å². The van der Waals surface area contributed by atoms with Gasteiger partial charge in [0.25, 0.3) is 0 Å². The molecule has 0 amide bonds. The molecule has 0 aromatic heterocycles. The first-order chi connectivity index (χ1) is 18.5. The first-order valence-corrected chi connectivity index (χ1v) is 19.2. The van der Waals surface area contributed by atoms with Crippen molar-refractivity contribution in [3.63, 3.8) is 0 Å². The van der Waals surface area contributed by atoms with E-state index in [1.807, 2.05) is 0 Å². The Bertz CT molecular complexity index is 813. The van der Waals surface area contributed by atoms with Crippen molar-refractivity contribution in [1.29, 1.82) is 0 Å². The van der Waals surface area contributed by atoms with Gasteiger partial charge in [-0.05, 0) is 98.4 Å². The summed E-state index contributed by atoms with van der Waals surface area (Å²) in [5.41, 5.74) is 3.30. The zero-order valence-electron chi connectivity index (χ0n) is 25.6. The highest BCUT2D eigenvalue weighted by molar-refractivity contribution is 7.68. The van der Waals surface area contributed by atoms with Crippen LogP contribution in [0.1, 0.15) is 143 Å². The van der Waals surface area contributed by atoms with Gasteiger partial charge in [-0.15, -0.1) is 0 Å². The van der Waals surface area contributed by atoms with Gasteiger partial charge in [-0.3, -0.25) is 4.74 Å². The maximum absolute atomic E-state index is 6.59. The van der Waals surface area contributed by atoms with Gasteiger partial charge in [-0.1, -0.05) is 104 Å². The zero-order valence-corrected chi connectivity index (χ0v) is 26.4. The van der Waals surface area contributed by atoms with E-state index in [0.717, 1.165) is 40.9 Å². The predicted molar refractivity (Wildman–Crippen MR) is 168 cm³/mol. The molecule has 5 aliphatic rings. The highest BCUT2D eigenvalue weighted by Gasteiger charge is 2.47. The molecule has 5 rings (SSSR count). The molecule has 4 saturated carbocycles. The van der Waals surface area contributed by atoms with Gasteiger partial charge in [-0.25, -0.2) is 0 Å². The Morgan fingerprint density at radius 2 is 1.16 bits per heavy atom. The highest BCUT2D eigenvalue weighted by Crippen LogP contribution is 2.70. The number of nitrogens with one attached hydrogen (secondary N) is 1. The third-order valence-electron chi connectivity index (χ3n) is 11.7. The summed E-state index contributed by atoms with van der Waals surface area (Å²) in [5, 5.41) is 4.37. The Morgan fingerprint density at radius 3 is 1.66 bits per heavy atom. The van der Waals surface area contributed by atoms with Crippen LogP contribution >= 0.6 is 7.05 Å². The Labute approximate surface area is 236 Å². The van der Waals surface area contributed by atoms with Gasteiger partial charge in [-0.2, -0.15) is 0 Å². The summed E-state index contributed by atoms with van der Waals surface area (Å²) >= 11 is 0. The molecule has 4 fully saturated rings. The first-order valence-electron chi connectivity index (χ1n) is 17.3. The maximum Gasteiger partial charge on any atom is 0.0799 e. The third kappa shape index (κ3) is 6.21. The lowest BCUT2D eigenvalue weighted by atomic mass is 9.69. The van der Waals surface area contributed by atoms with Crippen molar-refractivity contribution in [2.45, 2.75) is 166 Å². The van der Waals surface area contributed by atoms with Crippen LogP contribution in [0.3, 0.4) is 0 Å². The number of rotatable bonds is 7. The minimum Gasteiger partial charge on any atom is -0.377 e. The van der Waals surface area contributed by atoms with Gasteiger partial charge in [0.15, 0.2) is 0 Å². The van der Waals surface area contributed by atoms with Crippen molar-refractivity contribution in [1.82, 2.24) is 5.32 Å². The number of nitrogens with zero attached hydrogens (tertiary/aromatic N) is 1. The van der Waals surface area contributed by atoms with Crippen LogP contribution in [-0.2, 0) is 0 Å². The molecule has 0 aromatic rings. The molecule has 38 heavy (non-hydrogen) atoms. The Balaban J connectivity index is 1.62. The van der Waals surface area contributed by atoms with E-state index in [-0.39, 0.29) is 0 Å². The summed E-state index contributed by atoms with van der Waals surface area (Å²) < 4.78 is 6.59. The molecular formula is C35H61N2P. The molecule has 1 heterocycles. The molecule has 0 aromatic carbocycles. The fourth-order valence-corrected chi connectivity index (χ4v) is 15.5. The van der Waals surface area contributed by atoms with E-state index >= 15 is 0 Å². The van der Waals surface area contributed by atoms with E-state index in [1.54, 1.807) is 5.70 Å². The van der Waals surface area contributed by atoms with Gasteiger partial charge < -0.3 is 5.32 Å². The number of allylic oxidation sites excluding steroid dienone is 3. The fraction of sp³-hybridized carbons (Fsp3) is 0.886. The predicted octanol–water partition coefficient (Wildman–Crippen LogP) is 10.9. The van der Waals surface area contributed by atoms with Crippen molar-refractivity contribution in [3.8, 4) is 0 Å². The molecule has 0 radical (unpaired) electrons. The van der Waals surface area contributed by atoms with Crippen LogP contribution in [0.15, 0.2) is 28.7 Å². The molecular weight excluding hydrogens is 479 g/mol. The smallest absolute Gasteiger partial charge is 0.0799 e. The van der Waals surface area contributed by atoms with E-state index in [4.69, 9.17) is 4.74 Å². The largest absolute Gasteiger partial charge is 0.377 e. The van der Waals surface area contributed by atoms with E-state index < -0.39 is 7.05 Å². The normalized spacial score (nSPS) is 32.8. The van der Waals surface area contributed by atoms with Crippen LogP contribution in [0.2, 0.25) is 0 Å². The maximum atomic E-state index is 6.59. The molecule has 2 nitrogen and oxygen atoms in total. The Hall–Kier alpha value is -0.490. The zero-order chi connectivity index (χ0) is 26.5. The first kappa shape index (κ1) is 29.0. The standard InChI is InChI=1S/C35H61N2P/c1-26(2)31-22-14-23-32(27(3)4)35(31)37-38(29-18-10-6-11-19-29,30-20-12-7-13-21-30)34-25-15-24-33(36-34)28-16-8-5-9-17-28/h15,24-32,34-36H,5-14,16-23H2,1-4H3. The van der Waals surface area contributed by atoms with E-state index in [2.05, 4.69) is 51.2 Å². The van der Waals surface area contributed by atoms with E-state index in [9.17, 15) is 0 Å². The Kier molecular flexibility index (Phi) is 10.3. The van der Waals surface area contributed by atoms with Crippen molar-refractivity contribution < 1.29 is 0 Å². The second kappa shape index (κ2) is 13.4. The quantitative estimate of drug-likeness (QED) is 0.319. The van der Waals surface area contributed by atoms with Gasteiger partial charge >= 0.3 is 0 Å². The second-order valence-corrected chi connectivity index (χ2v) is 18.5. The molecule has 1 aliphatic heterocycles. The van der Waals surface area contributed by atoms with Crippen molar-refractivity contribution in [3.05, 3.63) is 23.9 Å². The molecule has 1 N–H and O–H groups in total. The Morgan fingerprint density at radius 1 is 0.658 bits per heavy atom. The summed E-state index contributed by atoms with van der Waals surface area (Å²) in [6.45, 7) is 10.1. The van der Waals surface area contributed by atoms with Crippen molar-refractivity contribution in [2.75, 3.05) is 0 Å². The fourth-order valence-electron chi connectivity index (χ4n) is 9.55. The molecule has 3 heteroatoms. The molecule has 3 atom stereocenters. The van der Waals surface area contributed by atoms with Crippen LogP contribution in [0, 0.1) is 29.6 Å². The minimum absolute atomic E-state index is 0.498. The summed E-state index contributed by atoms with van der Waals surface area (Å²) in [5.74, 6) is 4.32. The highest BCUT2D eigenvalue weighted by atomic mass is 31.2. The van der Waals surface area contributed by atoms with Crippen LogP contribution < -0.4 is 5.32 Å². The molecule has 4 aliphatic carbocycles. The summed E-state index contributed by atoms with van der Waals surface area (Å²) in [6.07, 6.45) is 33.4. The van der Waals surface area contributed by atoms with Gasteiger partial charge in [0.05, 0.1) is 11.8 Å². The lowest BCUT2D eigenvalue weighted by Crippen LogP contribution is -2.42. The molecule has 0 saturated heterocycles. The lowest BCUT2D eigenvalue weighted by Gasteiger charge is -2.51. The monoisotopic (exact) mass is 540 g/mol. The average molecular weight is 541 g/mol. The van der Waals surface area contributed by atoms with Crippen LogP contribution in [-0.4, -0.2) is 23.1 Å². The number of hydrogen-bond acceptors (Lipinski definition) is 2. The van der Waals surface area contributed by atoms with E-state index in [0.29, 0.717) is 11.8 Å².